The minimum Gasteiger partial charge on any atom is -0.524 e. The number of nitrogens with zero attached hydrogens (tertiary/aromatic N) is 1. The quantitative estimate of drug-likeness (QED) is 0.379. The van der Waals surface area contributed by atoms with E-state index in [1.54, 1.807) is 0 Å². The summed E-state index contributed by atoms with van der Waals surface area (Å²) in [5, 5.41) is 0. The molecule has 0 heterocycles. The summed E-state index contributed by atoms with van der Waals surface area (Å²) in [7, 11) is -2.47. The zero-order valence-electron chi connectivity index (χ0n) is 12.9. The number of rotatable bonds is 13. The summed E-state index contributed by atoms with van der Waals surface area (Å²) >= 11 is 0. The van der Waals surface area contributed by atoms with Crippen molar-refractivity contribution in [3.05, 3.63) is 4.72 Å². The van der Waals surface area contributed by atoms with Crippen molar-refractivity contribution in [2.45, 2.75) is 71.1 Å². The molecule has 0 bridgehead atoms. The van der Waals surface area contributed by atoms with Gasteiger partial charge in [-0.25, -0.2) is 8.42 Å². The second-order valence-electron chi connectivity index (χ2n) is 4.63. The van der Waals surface area contributed by atoms with E-state index >= 15 is 0 Å². The van der Waals surface area contributed by atoms with Crippen LogP contribution < -0.4 is 29.6 Å². The van der Waals surface area contributed by atoms with E-state index in [2.05, 4.69) is 15.8 Å². The molecule has 0 spiro atoms. The summed E-state index contributed by atoms with van der Waals surface area (Å²) in [6.07, 6.45) is 12.3. The number of hydrogen-bond acceptors (Lipinski definition) is 3. The first-order valence-electron chi connectivity index (χ1n) is 7.11. The Morgan fingerprint density at radius 1 is 0.842 bits per heavy atom. The monoisotopic (exact) mass is 301 g/mol. The van der Waals surface area contributed by atoms with Gasteiger partial charge in [-0.1, -0.05) is 71.1 Å². The molecule has 0 radical (unpaired) electrons. The summed E-state index contributed by atoms with van der Waals surface area (Å²) < 4.78 is 29.5. The molecule has 6 heteroatoms. The molecular weight excluding hydrogens is 273 g/mol. The van der Waals surface area contributed by atoms with Gasteiger partial charge in [0, 0.05) is 0 Å². The van der Waals surface area contributed by atoms with Crippen LogP contribution in [0.15, 0.2) is 0 Å². The van der Waals surface area contributed by atoms with E-state index in [1.165, 1.54) is 51.4 Å². The molecule has 0 aromatic heterocycles. The summed E-state index contributed by atoms with van der Waals surface area (Å²) in [5.41, 5.74) is 0. The fourth-order valence-electron chi connectivity index (χ4n) is 1.83. The van der Waals surface area contributed by atoms with Gasteiger partial charge in [0.15, 0.2) is 10.3 Å². The van der Waals surface area contributed by atoms with Crippen molar-refractivity contribution >= 4 is 10.3 Å². The molecule has 0 rings (SSSR count). The predicted octanol–water partition coefficient (Wildman–Crippen LogP) is 1.18. The number of unbranched alkanes of at least 4 members (excludes halogenated alkanes) is 9. The average molecular weight is 301 g/mol. The van der Waals surface area contributed by atoms with Gasteiger partial charge < -0.3 is 4.72 Å². The van der Waals surface area contributed by atoms with Crippen molar-refractivity contribution in [3.8, 4) is 0 Å². The molecule has 0 aromatic carbocycles. The maximum atomic E-state index is 10.9. The predicted molar refractivity (Wildman–Crippen MR) is 76.0 cm³/mol. The van der Waals surface area contributed by atoms with Gasteiger partial charge in [-0.05, 0) is 0 Å². The molecule has 0 saturated heterocycles. The zero-order chi connectivity index (χ0) is 13.7. The molecule has 0 atom stereocenters. The third-order valence-electron chi connectivity index (χ3n) is 2.97. The zero-order valence-corrected chi connectivity index (χ0v) is 15.7. The van der Waals surface area contributed by atoms with Gasteiger partial charge in [0.1, 0.15) is 0 Å². The van der Waals surface area contributed by atoms with Crippen LogP contribution in [0.25, 0.3) is 4.72 Å². The molecule has 0 aromatic rings. The second-order valence-corrected chi connectivity index (χ2v) is 6.08. The van der Waals surface area contributed by atoms with Crippen LogP contribution in [0.1, 0.15) is 71.1 Å². The minimum absolute atomic E-state index is 0. The maximum Gasteiger partial charge on any atom is 1.00 e. The molecule has 4 nitrogen and oxygen atoms in total. The first kappa shape index (κ1) is 22.2. The van der Waals surface area contributed by atoms with Crippen molar-refractivity contribution in [3.63, 3.8) is 0 Å². The van der Waals surface area contributed by atoms with E-state index in [1.807, 2.05) is 0 Å². The molecular formula is C13H28NNaO3S. The fourth-order valence-corrected chi connectivity index (χ4v) is 2.29. The van der Waals surface area contributed by atoms with Crippen LogP contribution in [-0.2, 0) is 14.5 Å². The Balaban J connectivity index is 0. The SMILES string of the molecule is CCCCCCCCCCCC[N-]S(=O)(=O)OC.[Na+]. The molecule has 0 unspecified atom stereocenters. The van der Waals surface area contributed by atoms with Crippen LogP contribution in [0.5, 0.6) is 0 Å². The Morgan fingerprint density at radius 3 is 1.68 bits per heavy atom. The Labute approximate surface area is 141 Å². The standard InChI is InChI=1S/C13H28NO3S.Na/c1-3-4-5-6-7-8-9-10-11-12-13-14-18(15,16)17-2;/h3-13H2,1-2H3;/q-1;+1. The first-order valence-corrected chi connectivity index (χ1v) is 8.48. The average Bonchev–Trinajstić information content (AvgIpc) is 2.36. The van der Waals surface area contributed by atoms with E-state index in [0.29, 0.717) is 6.54 Å². The van der Waals surface area contributed by atoms with Crippen molar-refractivity contribution in [1.82, 2.24) is 0 Å². The van der Waals surface area contributed by atoms with Gasteiger partial charge in [-0.15, -0.1) is 6.54 Å². The Hall–Kier alpha value is 0.870. The first-order chi connectivity index (χ1) is 8.62. The summed E-state index contributed by atoms with van der Waals surface area (Å²) in [5.74, 6) is 0. The van der Waals surface area contributed by atoms with Crippen LogP contribution >= 0.6 is 0 Å². The molecule has 0 amide bonds. The molecule has 0 N–H and O–H groups in total. The van der Waals surface area contributed by atoms with Gasteiger partial charge >= 0.3 is 29.6 Å². The van der Waals surface area contributed by atoms with E-state index in [4.69, 9.17) is 0 Å². The summed E-state index contributed by atoms with van der Waals surface area (Å²) in [4.78, 5) is 0. The van der Waals surface area contributed by atoms with Crippen molar-refractivity contribution in [2.24, 2.45) is 0 Å². The largest absolute Gasteiger partial charge is 1.00 e. The van der Waals surface area contributed by atoms with E-state index < -0.39 is 10.3 Å². The third kappa shape index (κ3) is 16.8. The molecule has 19 heavy (non-hydrogen) atoms. The van der Waals surface area contributed by atoms with Gasteiger partial charge in [0.05, 0.1) is 7.11 Å². The van der Waals surface area contributed by atoms with Gasteiger partial charge in [0.2, 0.25) is 0 Å². The van der Waals surface area contributed by atoms with Gasteiger partial charge in [-0.2, -0.15) is 0 Å². The second kappa shape index (κ2) is 15.3. The minimum atomic E-state index is -3.60. The van der Waals surface area contributed by atoms with Gasteiger partial charge in [-0.3, -0.25) is 4.18 Å². The number of hydrogen-bond donors (Lipinski definition) is 0. The van der Waals surface area contributed by atoms with Crippen LogP contribution in [0.2, 0.25) is 0 Å². The van der Waals surface area contributed by atoms with E-state index in [-0.39, 0.29) is 29.6 Å². The fraction of sp³-hybridized carbons (Fsp3) is 1.00. The van der Waals surface area contributed by atoms with Crippen LogP contribution in [0.4, 0.5) is 0 Å². The molecule has 0 aliphatic carbocycles. The Morgan fingerprint density at radius 2 is 1.26 bits per heavy atom. The normalized spacial score (nSPS) is 11.3. The Kier molecular flexibility index (Phi) is 17.8. The van der Waals surface area contributed by atoms with Crippen molar-refractivity contribution in [1.29, 1.82) is 0 Å². The van der Waals surface area contributed by atoms with Crippen molar-refractivity contribution < 1.29 is 42.2 Å². The maximum absolute atomic E-state index is 10.9. The van der Waals surface area contributed by atoms with E-state index in [0.717, 1.165) is 20.0 Å². The molecule has 0 aliphatic heterocycles. The van der Waals surface area contributed by atoms with Crippen LogP contribution in [0.3, 0.4) is 0 Å². The molecule has 110 valence electrons. The smallest absolute Gasteiger partial charge is 0.524 e. The van der Waals surface area contributed by atoms with Crippen LogP contribution in [-0.4, -0.2) is 22.1 Å². The summed E-state index contributed by atoms with van der Waals surface area (Å²) in [6.45, 7) is 2.58. The molecule has 0 aliphatic rings. The molecule has 0 saturated carbocycles. The third-order valence-corrected chi connectivity index (χ3v) is 3.89. The summed E-state index contributed by atoms with van der Waals surface area (Å²) in [6, 6.07) is 0. The molecule has 0 fully saturated rings. The van der Waals surface area contributed by atoms with Gasteiger partial charge in [0.25, 0.3) is 0 Å². The Bertz CT molecular complexity index is 271. The van der Waals surface area contributed by atoms with Crippen molar-refractivity contribution in [2.75, 3.05) is 13.7 Å². The van der Waals surface area contributed by atoms with Crippen LogP contribution in [0, 0.1) is 0 Å². The topological polar surface area (TPSA) is 57.5 Å². The van der Waals surface area contributed by atoms with E-state index in [9.17, 15) is 8.42 Å².